The molecular formula is C24H30N4O4S. The normalized spacial score (nSPS) is 17.8. The summed E-state index contributed by atoms with van der Waals surface area (Å²) in [5, 5.41) is 7.18. The Labute approximate surface area is 195 Å². The van der Waals surface area contributed by atoms with Gasteiger partial charge in [0.15, 0.2) is 5.71 Å². The molecule has 1 amide bonds. The van der Waals surface area contributed by atoms with Crippen molar-refractivity contribution in [2.24, 2.45) is 5.16 Å². The Hall–Kier alpha value is -2.75. The van der Waals surface area contributed by atoms with Crippen LogP contribution in [0.5, 0.6) is 0 Å². The number of fused-ring (bicyclic) bond motifs is 3. The molecule has 0 aromatic heterocycles. The average molecular weight is 471 g/mol. The summed E-state index contributed by atoms with van der Waals surface area (Å²) >= 11 is 0. The predicted octanol–water partition coefficient (Wildman–Crippen LogP) is 3.06. The van der Waals surface area contributed by atoms with E-state index < -0.39 is 15.6 Å². The minimum Gasteiger partial charge on any atom is -0.389 e. The minimum atomic E-state index is -3.51. The average Bonchev–Trinajstić information content (AvgIpc) is 3.06. The van der Waals surface area contributed by atoms with Gasteiger partial charge in [-0.1, -0.05) is 17.3 Å². The Kier molecular flexibility index (Phi) is 5.84. The molecule has 2 aliphatic heterocycles. The zero-order valence-corrected chi connectivity index (χ0v) is 20.7. The maximum absolute atomic E-state index is 12.8. The van der Waals surface area contributed by atoms with E-state index in [-0.39, 0.29) is 16.5 Å². The number of nitrogens with zero attached hydrogens (tertiary/aromatic N) is 3. The first kappa shape index (κ1) is 23.4. The van der Waals surface area contributed by atoms with Gasteiger partial charge < -0.3 is 15.1 Å². The molecule has 0 radical (unpaired) electrons. The number of sulfonamides is 1. The van der Waals surface area contributed by atoms with Crippen LogP contribution in [0.1, 0.15) is 37.5 Å². The van der Waals surface area contributed by atoms with E-state index in [0.29, 0.717) is 12.1 Å². The molecule has 0 bridgehead atoms. The summed E-state index contributed by atoms with van der Waals surface area (Å²) in [5.74, 6) is -0.283. The topological polar surface area (TPSA) is 91.3 Å². The van der Waals surface area contributed by atoms with Crippen molar-refractivity contribution in [1.29, 1.82) is 0 Å². The van der Waals surface area contributed by atoms with Gasteiger partial charge in [0, 0.05) is 32.7 Å². The highest BCUT2D eigenvalue weighted by Crippen LogP contribution is 2.40. The number of anilines is 1. The first-order valence-corrected chi connectivity index (χ1v) is 12.3. The zero-order chi connectivity index (χ0) is 24.1. The second kappa shape index (κ2) is 8.23. The lowest BCUT2D eigenvalue weighted by Crippen LogP contribution is -2.27. The SMILES string of the molecule is CN1CCc2c(-c3ccc(S(=O)(=O)N(C)C)cc3)cc3c(c2C1)NC(=O)C3=NOC(C)(C)C. The number of carbonyl (C=O) groups is 1. The molecule has 0 atom stereocenters. The van der Waals surface area contributed by atoms with Gasteiger partial charge in [0.05, 0.1) is 10.6 Å². The van der Waals surface area contributed by atoms with Gasteiger partial charge in [-0.2, -0.15) is 0 Å². The lowest BCUT2D eigenvalue weighted by molar-refractivity contribution is -0.110. The lowest BCUT2D eigenvalue weighted by atomic mass is 9.87. The first-order valence-electron chi connectivity index (χ1n) is 10.9. The van der Waals surface area contributed by atoms with Crippen LogP contribution in [0.2, 0.25) is 0 Å². The van der Waals surface area contributed by atoms with Crippen LogP contribution in [0.15, 0.2) is 40.4 Å². The van der Waals surface area contributed by atoms with E-state index in [2.05, 4.69) is 22.4 Å². The van der Waals surface area contributed by atoms with E-state index in [9.17, 15) is 13.2 Å². The summed E-state index contributed by atoms with van der Waals surface area (Å²) in [6, 6.07) is 8.87. The highest BCUT2D eigenvalue weighted by Gasteiger charge is 2.34. The number of rotatable bonds is 4. The van der Waals surface area contributed by atoms with Crippen LogP contribution in [0.4, 0.5) is 5.69 Å². The highest BCUT2D eigenvalue weighted by molar-refractivity contribution is 7.89. The van der Waals surface area contributed by atoms with E-state index in [4.69, 9.17) is 4.84 Å². The van der Waals surface area contributed by atoms with E-state index in [1.54, 1.807) is 12.1 Å². The van der Waals surface area contributed by atoms with Crippen molar-refractivity contribution in [1.82, 2.24) is 9.21 Å². The van der Waals surface area contributed by atoms with Crippen LogP contribution in [-0.4, -0.2) is 62.5 Å². The van der Waals surface area contributed by atoms with E-state index in [1.165, 1.54) is 18.4 Å². The molecule has 2 aromatic rings. The van der Waals surface area contributed by atoms with Crippen molar-refractivity contribution in [3.05, 3.63) is 47.0 Å². The molecule has 4 rings (SSSR count). The van der Waals surface area contributed by atoms with Crippen LogP contribution in [0, 0.1) is 0 Å². The number of benzene rings is 2. The van der Waals surface area contributed by atoms with Crippen molar-refractivity contribution in [2.75, 3.05) is 33.0 Å². The molecular weight excluding hydrogens is 440 g/mol. The third-order valence-corrected chi connectivity index (χ3v) is 7.61. The Bertz CT molecular complexity index is 1240. The summed E-state index contributed by atoms with van der Waals surface area (Å²) in [6.45, 7) is 7.23. The molecule has 33 heavy (non-hydrogen) atoms. The fourth-order valence-corrected chi connectivity index (χ4v) is 4.97. The molecule has 0 fully saturated rings. The number of hydrogen-bond donors (Lipinski definition) is 1. The summed E-state index contributed by atoms with van der Waals surface area (Å²) in [5.41, 5.74) is 5.32. The van der Waals surface area contributed by atoms with Crippen molar-refractivity contribution >= 4 is 27.3 Å². The first-order chi connectivity index (χ1) is 15.4. The van der Waals surface area contributed by atoms with Crippen molar-refractivity contribution < 1.29 is 18.0 Å². The van der Waals surface area contributed by atoms with Crippen molar-refractivity contribution in [3.8, 4) is 11.1 Å². The molecule has 0 saturated carbocycles. The van der Waals surface area contributed by atoms with Gasteiger partial charge in [0.2, 0.25) is 10.0 Å². The Morgan fingerprint density at radius 2 is 1.76 bits per heavy atom. The largest absolute Gasteiger partial charge is 0.389 e. The Morgan fingerprint density at radius 1 is 1.09 bits per heavy atom. The second-order valence-electron chi connectivity index (χ2n) is 9.70. The number of likely N-dealkylation sites (N-methyl/N-ethyl adjacent to an activating group) is 1. The smallest absolute Gasteiger partial charge is 0.278 e. The Balaban J connectivity index is 1.86. The van der Waals surface area contributed by atoms with Gasteiger partial charge >= 0.3 is 0 Å². The molecule has 9 heteroatoms. The molecule has 2 aliphatic rings. The van der Waals surface area contributed by atoms with Crippen molar-refractivity contribution in [3.63, 3.8) is 0 Å². The lowest BCUT2D eigenvalue weighted by Gasteiger charge is -2.29. The maximum Gasteiger partial charge on any atom is 0.278 e. The molecule has 0 spiro atoms. The van der Waals surface area contributed by atoms with Gasteiger partial charge in [0.1, 0.15) is 5.60 Å². The predicted molar refractivity (Wildman–Crippen MR) is 129 cm³/mol. The number of carbonyl (C=O) groups excluding carboxylic acids is 1. The summed E-state index contributed by atoms with van der Waals surface area (Å²) in [4.78, 5) is 20.8. The standard InChI is InChI=1S/C24H30N4O4S/c1-24(2,3)32-26-22-19-13-18(15-7-9-16(10-8-15)33(30,31)27(4)5)17-11-12-28(6)14-20(17)21(19)25-23(22)29/h7-10,13H,11-12,14H2,1-6H3,(H,25,26,29). The molecule has 176 valence electrons. The Morgan fingerprint density at radius 3 is 2.36 bits per heavy atom. The number of amides is 1. The highest BCUT2D eigenvalue weighted by atomic mass is 32.2. The van der Waals surface area contributed by atoms with Crippen LogP contribution in [0.25, 0.3) is 11.1 Å². The number of oxime groups is 1. The van der Waals surface area contributed by atoms with Crippen molar-refractivity contribution in [2.45, 2.75) is 44.2 Å². The fourth-order valence-electron chi connectivity index (χ4n) is 4.06. The fraction of sp³-hybridized carbons (Fsp3) is 0.417. The maximum atomic E-state index is 12.8. The molecule has 2 heterocycles. The number of nitrogens with one attached hydrogen (secondary N) is 1. The molecule has 0 aliphatic carbocycles. The van der Waals surface area contributed by atoms with Gasteiger partial charge in [-0.05, 0) is 74.7 Å². The molecule has 0 unspecified atom stereocenters. The van der Waals surface area contributed by atoms with E-state index in [1.807, 2.05) is 39.0 Å². The van der Waals surface area contributed by atoms with Crippen LogP contribution in [-0.2, 0) is 32.6 Å². The van der Waals surface area contributed by atoms with E-state index >= 15 is 0 Å². The summed E-state index contributed by atoms with van der Waals surface area (Å²) < 4.78 is 26.2. The molecule has 0 saturated heterocycles. The van der Waals surface area contributed by atoms with Gasteiger partial charge in [-0.3, -0.25) is 4.79 Å². The minimum absolute atomic E-state index is 0.240. The van der Waals surface area contributed by atoms with Gasteiger partial charge in [-0.15, -0.1) is 0 Å². The van der Waals surface area contributed by atoms with Crippen LogP contribution < -0.4 is 5.32 Å². The third kappa shape index (κ3) is 4.40. The van der Waals surface area contributed by atoms with Crippen LogP contribution >= 0.6 is 0 Å². The van der Waals surface area contributed by atoms with Gasteiger partial charge in [-0.25, -0.2) is 12.7 Å². The molecule has 1 N–H and O–H groups in total. The second-order valence-corrected chi connectivity index (χ2v) is 11.9. The summed E-state index contributed by atoms with van der Waals surface area (Å²) in [7, 11) is 1.57. The van der Waals surface area contributed by atoms with Crippen LogP contribution in [0.3, 0.4) is 0 Å². The monoisotopic (exact) mass is 470 g/mol. The third-order valence-electron chi connectivity index (χ3n) is 5.78. The van der Waals surface area contributed by atoms with Gasteiger partial charge in [0.25, 0.3) is 5.91 Å². The molecule has 2 aromatic carbocycles. The summed E-state index contributed by atoms with van der Waals surface area (Å²) in [6.07, 6.45) is 0.826. The quantitative estimate of drug-likeness (QED) is 0.694. The number of hydrogen-bond acceptors (Lipinski definition) is 6. The molecule has 8 nitrogen and oxygen atoms in total. The zero-order valence-electron chi connectivity index (χ0n) is 19.9. The van der Waals surface area contributed by atoms with E-state index in [0.717, 1.165) is 40.9 Å².